The first-order valence-corrected chi connectivity index (χ1v) is 8.70. The highest BCUT2D eigenvalue weighted by molar-refractivity contribution is 5.36. The number of rotatable bonds is 3. The minimum absolute atomic E-state index is 0.289. The van der Waals surface area contributed by atoms with E-state index in [2.05, 4.69) is 65.9 Å². The van der Waals surface area contributed by atoms with Crippen molar-refractivity contribution in [2.45, 2.75) is 39.4 Å². The Morgan fingerprint density at radius 3 is 2.79 bits per heavy atom. The van der Waals surface area contributed by atoms with E-state index in [4.69, 9.17) is 4.42 Å². The van der Waals surface area contributed by atoms with E-state index in [9.17, 15) is 0 Å². The first-order valence-electron chi connectivity index (χ1n) is 8.70. The van der Waals surface area contributed by atoms with Crippen molar-refractivity contribution in [3.05, 3.63) is 83.1 Å². The predicted molar refractivity (Wildman–Crippen MR) is 95.9 cm³/mol. The van der Waals surface area contributed by atoms with E-state index in [0.29, 0.717) is 0 Å². The molecule has 0 unspecified atom stereocenters. The third-order valence-corrected chi connectivity index (χ3v) is 5.17. The number of fused-ring (bicyclic) bond motifs is 1. The summed E-state index contributed by atoms with van der Waals surface area (Å²) in [5.41, 5.74) is 6.72. The molecule has 0 aliphatic carbocycles. The summed E-state index contributed by atoms with van der Waals surface area (Å²) in [6.45, 7) is 7.47. The topological polar surface area (TPSA) is 21.3 Å². The van der Waals surface area contributed by atoms with Crippen LogP contribution in [-0.4, -0.2) is 16.0 Å². The maximum Gasteiger partial charge on any atom is 0.0947 e. The van der Waals surface area contributed by atoms with Crippen LogP contribution < -0.4 is 0 Å². The molecule has 3 heteroatoms. The van der Waals surface area contributed by atoms with Crippen LogP contribution in [0.3, 0.4) is 0 Å². The highest BCUT2D eigenvalue weighted by atomic mass is 16.3. The van der Waals surface area contributed by atoms with Crippen molar-refractivity contribution in [2.75, 3.05) is 6.54 Å². The standard InChI is InChI=1S/C21H24N2O/c1-16-6-7-19(13-17(16)2)21-20-5-3-9-22(20)10-4-11-23(21)14-18-8-12-24-15-18/h3,5-9,12-13,15,21H,4,10-11,14H2,1-2H3/t21-/m1/s1. The molecule has 3 aromatic rings. The van der Waals surface area contributed by atoms with Crippen LogP contribution >= 0.6 is 0 Å². The predicted octanol–water partition coefficient (Wildman–Crippen LogP) is 4.69. The Kier molecular flexibility index (Phi) is 4.03. The van der Waals surface area contributed by atoms with Gasteiger partial charge in [-0.25, -0.2) is 0 Å². The Labute approximate surface area is 143 Å². The van der Waals surface area contributed by atoms with Gasteiger partial charge in [-0.15, -0.1) is 0 Å². The molecule has 0 saturated carbocycles. The smallest absolute Gasteiger partial charge is 0.0947 e. The van der Waals surface area contributed by atoms with Crippen LogP contribution in [0.1, 0.15) is 40.4 Å². The lowest BCUT2D eigenvalue weighted by molar-refractivity contribution is 0.219. The van der Waals surface area contributed by atoms with E-state index in [1.54, 1.807) is 6.26 Å². The lowest BCUT2D eigenvalue weighted by Gasteiger charge is -2.30. The molecule has 0 N–H and O–H groups in total. The van der Waals surface area contributed by atoms with Gasteiger partial charge in [0.05, 0.1) is 18.6 Å². The van der Waals surface area contributed by atoms with Crippen molar-refractivity contribution < 1.29 is 4.42 Å². The van der Waals surface area contributed by atoms with Gasteiger partial charge in [0, 0.05) is 37.1 Å². The molecule has 124 valence electrons. The van der Waals surface area contributed by atoms with Crippen LogP contribution in [0.2, 0.25) is 0 Å². The normalized spacial score (nSPS) is 18.3. The van der Waals surface area contributed by atoms with Gasteiger partial charge in [0.1, 0.15) is 0 Å². The van der Waals surface area contributed by atoms with Gasteiger partial charge in [0.2, 0.25) is 0 Å². The molecule has 0 fully saturated rings. The minimum atomic E-state index is 0.289. The van der Waals surface area contributed by atoms with E-state index in [1.165, 1.54) is 34.4 Å². The SMILES string of the molecule is Cc1ccc([C@@H]2c3cccn3CCCN2Cc2ccoc2)cc1C. The van der Waals surface area contributed by atoms with Gasteiger partial charge in [-0.3, -0.25) is 4.90 Å². The third-order valence-electron chi connectivity index (χ3n) is 5.17. The number of aromatic nitrogens is 1. The molecule has 24 heavy (non-hydrogen) atoms. The molecule has 0 radical (unpaired) electrons. The second-order valence-electron chi connectivity index (χ2n) is 6.83. The van der Waals surface area contributed by atoms with E-state index in [1.807, 2.05) is 6.26 Å². The number of nitrogens with zero attached hydrogens (tertiary/aromatic N) is 2. The van der Waals surface area contributed by atoms with E-state index in [-0.39, 0.29) is 6.04 Å². The molecule has 3 nitrogen and oxygen atoms in total. The van der Waals surface area contributed by atoms with Gasteiger partial charge in [0.25, 0.3) is 0 Å². The van der Waals surface area contributed by atoms with Crippen molar-refractivity contribution in [2.24, 2.45) is 0 Å². The van der Waals surface area contributed by atoms with E-state index < -0.39 is 0 Å². The largest absolute Gasteiger partial charge is 0.472 e. The van der Waals surface area contributed by atoms with E-state index in [0.717, 1.165) is 19.6 Å². The summed E-state index contributed by atoms with van der Waals surface area (Å²) in [4.78, 5) is 2.58. The second kappa shape index (κ2) is 6.33. The van der Waals surface area contributed by atoms with Crippen LogP contribution in [0.15, 0.2) is 59.5 Å². The first-order chi connectivity index (χ1) is 11.7. The summed E-state index contributed by atoms with van der Waals surface area (Å²) in [7, 11) is 0. The van der Waals surface area contributed by atoms with Gasteiger partial charge < -0.3 is 8.98 Å². The van der Waals surface area contributed by atoms with Crippen LogP contribution in [0.5, 0.6) is 0 Å². The molecule has 1 aromatic carbocycles. The average molecular weight is 320 g/mol. The minimum Gasteiger partial charge on any atom is -0.472 e. The number of furan rings is 1. The van der Waals surface area contributed by atoms with Gasteiger partial charge in [0.15, 0.2) is 0 Å². The van der Waals surface area contributed by atoms with Crippen molar-refractivity contribution in [3.63, 3.8) is 0 Å². The Bertz CT molecular complexity index is 816. The van der Waals surface area contributed by atoms with Gasteiger partial charge in [-0.1, -0.05) is 18.2 Å². The van der Waals surface area contributed by atoms with Gasteiger partial charge in [-0.2, -0.15) is 0 Å². The number of hydrogen-bond acceptors (Lipinski definition) is 2. The fourth-order valence-electron chi connectivity index (χ4n) is 3.74. The Balaban J connectivity index is 1.77. The zero-order valence-corrected chi connectivity index (χ0v) is 14.4. The zero-order chi connectivity index (χ0) is 16.5. The molecule has 4 rings (SSSR count). The Morgan fingerprint density at radius 2 is 2.00 bits per heavy atom. The zero-order valence-electron chi connectivity index (χ0n) is 14.4. The second-order valence-corrected chi connectivity index (χ2v) is 6.83. The monoisotopic (exact) mass is 320 g/mol. The van der Waals surface area contributed by atoms with Crippen LogP contribution in [0.4, 0.5) is 0 Å². The van der Waals surface area contributed by atoms with Crippen molar-refractivity contribution >= 4 is 0 Å². The highest BCUT2D eigenvalue weighted by Gasteiger charge is 2.27. The molecule has 2 aromatic heterocycles. The molecule has 1 aliphatic heterocycles. The maximum absolute atomic E-state index is 5.29. The van der Waals surface area contributed by atoms with E-state index >= 15 is 0 Å². The summed E-state index contributed by atoms with van der Waals surface area (Å²) in [6, 6.07) is 13.7. The van der Waals surface area contributed by atoms with Gasteiger partial charge >= 0.3 is 0 Å². The molecule has 0 bridgehead atoms. The number of hydrogen-bond donors (Lipinski definition) is 0. The number of aryl methyl sites for hydroxylation is 3. The first kappa shape index (κ1) is 15.3. The molecule has 0 spiro atoms. The lowest BCUT2D eigenvalue weighted by atomic mass is 9.97. The molecule has 1 atom stereocenters. The average Bonchev–Trinajstić information content (AvgIpc) is 3.21. The summed E-state index contributed by atoms with van der Waals surface area (Å²) in [5, 5.41) is 0. The fourth-order valence-corrected chi connectivity index (χ4v) is 3.74. The third kappa shape index (κ3) is 2.80. The van der Waals surface area contributed by atoms with Crippen molar-refractivity contribution in [3.8, 4) is 0 Å². The summed E-state index contributed by atoms with van der Waals surface area (Å²) >= 11 is 0. The van der Waals surface area contributed by atoms with Crippen molar-refractivity contribution in [1.82, 2.24) is 9.47 Å². The number of benzene rings is 1. The quantitative estimate of drug-likeness (QED) is 0.698. The summed E-state index contributed by atoms with van der Waals surface area (Å²) in [5.74, 6) is 0. The van der Waals surface area contributed by atoms with Crippen molar-refractivity contribution in [1.29, 1.82) is 0 Å². The highest BCUT2D eigenvalue weighted by Crippen LogP contribution is 2.33. The maximum atomic E-state index is 5.29. The summed E-state index contributed by atoms with van der Waals surface area (Å²) < 4.78 is 7.70. The fraction of sp³-hybridized carbons (Fsp3) is 0.333. The molecule has 1 aliphatic rings. The summed E-state index contributed by atoms with van der Waals surface area (Å²) in [6.07, 6.45) is 7.01. The van der Waals surface area contributed by atoms with Crippen LogP contribution in [-0.2, 0) is 13.1 Å². The Morgan fingerprint density at radius 1 is 1.08 bits per heavy atom. The Hall–Kier alpha value is -2.26. The lowest BCUT2D eigenvalue weighted by Crippen LogP contribution is -2.29. The molecule has 0 amide bonds. The molecular formula is C21H24N2O. The molecular weight excluding hydrogens is 296 g/mol. The molecule has 0 saturated heterocycles. The van der Waals surface area contributed by atoms with Crippen LogP contribution in [0, 0.1) is 13.8 Å². The van der Waals surface area contributed by atoms with Crippen LogP contribution in [0.25, 0.3) is 0 Å². The molecule has 3 heterocycles. The van der Waals surface area contributed by atoms with Gasteiger partial charge in [-0.05, 0) is 55.2 Å².